The molecule has 1 aromatic heterocycles. The van der Waals surface area contributed by atoms with E-state index in [0.29, 0.717) is 5.56 Å². The van der Waals surface area contributed by atoms with Gasteiger partial charge in [-0.2, -0.15) is 0 Å². The van der Waals surface area contributed by atoms with Crippen molar-refractivity contribution >= 4 is 5.91 Å². The van der Waals surface area contributed by atoms with Gasteiger partial charge in [0.25, 0.3) is 5.91 Å². The van der Waals surface area contributed by atoms with Gasteiger partial charge in [-0.25, -0.2) is 9.97 Å². The molecule has 6 nitrogen and oxygen atoms in total. The lowest BCUT2D eigenvalue weighted by molar-refractivity contribution is 0.0549. The summed E-state index contributed by atoms with van der Waals surface area (Å²) in [6, 6.07) is 6.13. The number of fused-ring (bicyclic) bond motifs is 1. The number of benzene rings is 1. The summed E-state index contributed by atoms with van der Waals surface area (Å²) in [6.45, 7) is 6.06. The van der Waals surface area contributed by atoms with Crippen LogP contribution < -0.4 is 9.47 Å². The van der Waals surface area contributed by atoms with Crippen molar-refractivity contribution in [2.24, 2.45) is 5.41 Å². The van der Waals surface area contributed by atoms with Crippen LogP contribution in [0.15, 0.2) is 30.6 Å². The Labute approximate surface area is 159 Å². The molecule has 0 radical (unpaired) electrons. The fourth-order valence-electron chi connectivity index (χ4n) is 4.01. The van der Waals surface area contributed by atoms with E-state index in [1.165, 1.54) is 5.56 Å². The molecule has 6 heteroatoms. The Balaban J connectivity index is 1.46. The van der Waals surface area contributed by atoms with E-state index >= 15 is 0 Å². The molecule has 4 rings (SSSR count). The van der Waals surface area contributed by atoms with E-state index in [1.807, 2.05) is 17.9 Å². The van der Waals surface area contributed by atoms with Crippen LogP contribution in [-0.4, -0.2) is 40.7 Å². The molecule has 27 heavy (non-hydrogen) atoms. The molecule has 142 valence electrons. The lowest BCUT2D eigenvalue weighted by atomic mass is 9.76. The van der Waals surface area contributed by atoms with E-state index in [0.717, 1.165) is 56.1 Å². The topological polar surface area (TPSA) is 64.6 Å². The average Bonchev–Trinajstić information content (AvgIpc) is 3.15. The number of amides is 1. The Morgan fingerprint density at radius 1 is 1.22 bits per heavy atom. The number of likely N-dealkylation sites (tertiary alicyclic amines) is 1. The maximum absolute atomic E-state index is 12.9. The summed E-state index contributed by atoms with van der Waals surface area (Å²) in [4.78, 5) is 23.4. The van der Waals surface area contributed by atoms with Gasteiger partial charge in [0.1, 0.15) is 5.82 Å². The maximum atomic E-state index is 12.9. The first kappa shape index (κ1) is 17.8. The van der Waals surface area contributed by atoms with Gasteiger partial charge < -0.3 is 14.4 Å². The molecule has 1 aromatic carbocycles. The lowest BCUT2D eigenvalue weighted by Gasteiger charge is -2.40. The highest BCUT2D eigenvalue weighted by molar-refractivity contribution is 5.93. The van der Waals surface area contributed by atoms with Gasteiger partial charge in [0, 0.05) is 31.9 Å². The van der Waals surface area contributed by atoms with Gasteiger partial charge in [-0.05, 0) is 42.4 Å². The largest absolute Gasteiger partial charge is 0.454 e. The summed E-state index contributed by atoms with van der Waals surface area (Å²) < 4.78 is 10.9. The predicted octanol–water partition coefficient (Wildman–Crippen LogP) is 3.25. The molecular weight excluding hydrogens is 342 g/mol. The molecule has 1 atom stereocenters. The highest BCUT2D eigenvalue weighted by Gasteiger charge is 2.34. The summed E-state index contributed by atoms with van der Waals surface area (Å²) in [6.07, 6.45) is 7.07. The third-order valence-corrected chi connectivity index (χ3v) is 5.40. The monoisotopic (exact) mass is 367 g/mol. The molecule has 0 N–H and O–H groups in total. The summed E-state index contributed by atoms with van der Waals surface area (Å²) >= 11 is 0. The van der Waals surface area contributed by atoms with E-state index in [1.54, 1.807) is 12.4 Å². The Bertz CT molecular complexity index is 837. The van der Waals surface area contributed by atoms with Crippen molar-refractivity contribution in [3.8, 4) is 11.5 Å². The van der Waals surface area contributed by atoms with Gasteiger partial charge in [-0.15, -0.1) is 0 Å². The zero-order valence-electron chi connectivity index (χ0n) is 15.9. The van der Waals surface area contributed by atoms with E-state index in [4.69, 9.17) is 9.47 Å². The van der Waals surface area contributed by atoms with Crippen LogP contribution in [0.4, 0.5) is 0 Å². The molecule has 2 aromatic rings. The quantitative estimate of drug-likeness (QED) is 0.830. The first-order valence-corrected chi connectivity index (χ1v) is 9.55. The molecule has 0 spiro atoms. The van der Waals surface area contributed by atoms with Gasteiger partial charge >= 0.3 is 0 Å². The molecule has 1 fully saturated rings. The van der Waals surface area contributed by atoms with Crippen LogP contribution in [0, 0.1) is 5.41 Å². The third kappa shape index (κ3) is 3.75. The maximum Gasteiger partial charge on any atom is 0.257 e. The summed E-state index contributed by atoms with van der Waals surface area (Å²) in [5.74, 6) is 2.40. The van der Waals surface area contributed by atoms with Crippen LogP contribution in [-0.2, 0) is 12.8 Å². The standard InChI is InChI=1S/C21H25N3O3/c1-3-19-22-11-16(12-23-19)20(25)24-8-4-7-21(2,13-24)10-15-5-6-17-18(9-15)27-14-26-17/h5-6,9,11-12H,3-4,7-8,10,13-14H2,1-2H3/t21-/m0/s1. The number of piperidine rings is 1. The van der Waals surface area contributed by atoms with Crippen molar-refractivity contribution in [2.75, 3.05) is 19.9 Å². The Hall–Kier alpha value is -2.63. The van der Waals surface area contributed by atoms with Crippen LogP contribution >= 0.6 is 0 Å². The zero-order valence-corrected chi connectivity index (χ0v) is 15.9. The molecule has 1 saturated heterocycles. The van der Waals surface area contributed by atoms with E-state index in [9.17, 15) is 4.79 Å². The van der Waals surface area contributed by atoms with Crippen molar-refractivity contribution in [3.63, 3.8) is 0 Å². The summed E-state index contributed by atoms with van der Waals surface area (Å²) in [7, 11) is 0. The minimum absolute atomic E-state index is 0.0225. The number of carbonyl (C=O) groups is 1. The second kappa shape index (κ2) is 7.18. The Morgan fingerprint density at radius 2 is 2.00 bits per heavy atom. The summed E-state index contributed by atoms with van der Waals surface area (Å²) in [5, 5.41) is 0. The predicted molar refractivity (Wildman–Crippen MR) is 101 cm³/mol. The number of hydrogen-bond acceptors (Lipinski definition) is 5. The van der Waals surface area contributed by atoms with Gasteiger partial charge in [0.05, 0.1) is 5.56 Å². The number of ether oxygens (including phenoxy) is 2. The minimum atomic E-state index is 0.0225. The fraction of sp³-hybridized carbons (Fsp3) is 0.476. The molecule has 0 saturated carbocycles. The number of rotatable bonds is 4. The van der Waals surface area contributed by atoms with Crippen molar-refractivity contribution in [2.45, 2.75) is 39.5 Å². The highest BCUT2D eigenvalue weighted by Crippen LogP contribution is 2.37. The SMILES string of the molecule is CCc1ncc(C(=O)N2CCC[C@@](C)(Cc3ccc4c(c3)OCO4)C2)cn1. The second-order valence-electron chi connectivity index (χ2n) is 7.75. The molecule has 3 heterocycles. The van der Waals surface area contributed by atoms with Gasteiger partial charge in [-0.3, -0.25) is 4.79 Å². The van der Waals surface area contributed by atoms with Crippen molar-refractivity contribution in [3.05, 3.63) is 47.5 Å². The normalized spacial score (nSPS) is 21.3. The molecule has 0 aliphatic carbocycles. The van der Waals surface area contributed by atoms with Gasteiger partial charge in [0.15, 0.2) is 11.5 Å². The number of nitrogens with zero attached hydrogens (tertiary/aromatic N) is 3. The van der Waals surface area contributed by atoms with Crippen molar-refractivity contribution < 1.29 is 14.3 Å². The van der Waals surface area contributed by atoms with Crippen LogP contribution in [0.25, 0.3) is 0 Å². The molecular formula is C21H25N3O3. The second-order valence-corrected chi connectivity index (χ2v) is 7.75. The van der Waals surface area contributed by atoms with Crippen LogP contribution in [0.5, 0.6) is 11.5 Å². The lowest BCUT2D eigenvalue weighted by Crippen LogP contribution is -2.45. The van der Waals surface area contributed by atoms with Gasteiger partial charge in [-0.1, -0.05) is 19.9 Å². The van der Waals surface area contributed by atoms with E-state index in [2.05, 4.69) is 29.0 Å². The average molecular weight is 367 g/mol. The smallest absolute Gasteiger partial charge is 0.257 e. The fourth-order valence-corrected chi connectivity index (χ4v) is 4.01. The first-order valence-electron chi connectivity index (χ1n) is 9.55. The molecule has 2 aliphatic heterocycles. The summed E-state index contributed by atoms with van der Waals surface area (Å²) in [5.41, 5.74) is 1.82. The molecule has 0 bridgehead atoms. The minimum Gasteiger partial charge on any atom is -0.454 e. The number of aromatic nitrogens is 2. The van der Waals surface area contributed by atoms with E-state index in [-0.39, 0.29) is 18.1 Å². The number of aryl methyl sites for hydroxylation is 1. The third-order valence-electron chi connectivity index (χ3n) is 5.40. The van der Waals surface area contributed by atoms with E-state index < -0.39 is 0 Å². The van der Waals surface area contributed by atoms with Crippen molar-refractivity contribution in [1.82, 2.24) is 14.9 Å². The molecule has 2 aliphatic rings. The van der Waals surface area contributed by atoms with Crippen LogP contribution in [0.2, 0.25) is 0 Å². The number of hydrogen-bond donors (Lipinski definition) is 0. The molecule has 1 amide bonds. The van der Waals surface area contributed by atoms with Crippen LogP contribution in [0.3, 0.4) is 0 Å². The first-order chi connectivity index (χ1) is 13.1. The number of carbonyl (C=O) groups excluding carboxylic acids is 1. The van der Waals surface area contributed by atoms with Crippen LogP contribution in [0.1, 0.15) is 48.4 Å². The highest BCUT2D eigenvalue weighted by atomic mass is 16.7. The van der Waals surface area contributed by atoms with Gasteiger partial charge in [0.2, 0.25) is 6.79 Å². The Kier molecular flexibility index (Phi) is 4.72. The molecule has 0 unspecified atom stereocenters. The van der Waals surface area contributed by atoms with Crippen molar-refractivity contribution in [1.29, 1.82) is 0 Å². The Morgan fingerprint density at radius 3 is 2.78 bits per heavy atom. The zero-order chi connectivity index (χ0) is 18.9.